The van der Waals surface area contributed by atoms with Crippen molar-refractivity contribution in [2.45, 2.75) is 31.7 Å². The summed E-state index contributed by atoms with van der Waals surface area (Å²) in [6.07, 6.45) is 5.84. The molecule has 2 rings (SSSR count). The zero-order valence-electron chi connectivity index (χ0n) is 11.3. The first kappa shape index (κ1) is 13.8. The van der Waals surface area contributed by atoms with Crippen LogP contribution in [-0.2, 0) is 7.05 Å². The van der Waals surface area contributed by atoms with Crippen molar-refractivity contribution in [2.75, 3.05) is 13.1 Å². The maximum absolute atomic E-state index is 12.5. The molecule has 0 saturated carbocycles. The number of nitrogens with zero attached hydrogens (tertiary/aromatic N) is 2. The van der Waals surface area contributed by atoms with Crippen LogP contribution in [0.1, 0.15) is 36.0 Å². The normalized spacial score (nSPS) is 20.1. The predicted molar refractivity (Wildman–Crippen MR) is 74.0 cm³/mol. The summed E-state index contributed by atoms with van der Waals surface area (Å²) < 4.78 is 1.46. The number of aryl methyl sites for hydroxylation is 1. The Bertz CT molecular complexity index is 510. The monoisotopic (exact) mass is 263 g/mol. The van der Waals surface area contributed by atoms with Gasteiger partial charge in [0.15, 0.2) is 0 Å². The van der Waals surface area contributed by atoms with Crippen molar-refractivity contribution in [1.82, 2.24) is 9.47 Å². The molecular formula is C14H21N3O2. The number of hydrogen-bond acceptors (Lipinski definition) is 3. The van der Waals surface area contributed by atoms with Gasteiger partial charge in [0.25, 0.3) is 11.5 Å². The molecule has 1 aliphatic rings. The lowest BCUT2D eigenvalue weighted by molar-refractivity contribution is 0.0688. The fourth-order valence-electron chi connectivity index (χ4n) is 2.54. The lowest BCUT2D eigenvalue weighted by Gasteiger charge is -2.29. The second-order valence-electron chi connectivity index (χ2n) is 5.10. The molecule has 1 aliphatic heterocycles. The zero-order chi connectivity index (χ0) is 13.8. The summed E-state index contributed by atoms with van der Waals surface area (Å²) in [5.74, 6) is -0.0740. The maximum Gasteiger partial charge on any atom is 0.254 e. The summed E-state index contributed by atoms with van der Waals surface area (Å²) in [4.78, 5) is 26.0. The van der Waals surface area contributed by atoms with Gasteiger partial charge in [-0.15, -0.1) is 0 Å². The zero-order valence-corrected chi connectivity index (χ0v) is 11.3. The highest BCUT2D eigenvalue weighted by Gasteiger charge is 2.25. The molecule has 1 amide bonds. The molecule has 1 fully saturated rings. The molecule has 1 aromatic rings. The highest BCUT2D eigenvalue weighted by atomic mass is 16.2. The third-order valence-electron chi connectivity index (χ3n) is 3.76. The van der Waals surface area contributed by atoms with E-state index in [0.717, 1.165) is 32.2 Å². The number of hydrogen-bond donors (Lipinski definition) is 1. The van der Waals surface area contributed by atoms with Gasteiger partial charge in [-0.1, -0.05) is 12.8 Å². The molecule has 2 N–H and O–H groups in total. The summed E-state index contributed by atoms with van der Waals surface area (Å²) in [7, 11) is 1.67. The average molecular weight is 263 g/mol. The van der Waals surface area contributed by atoms with E-state index >= 15 is 0 Å². The average Bonchev–Trinajstić information content (AvgIpc) is 2.66. The van der Waals surface area contributed by atoms with Crippen molar-refractivity contribution in [3.05, 3.63) is 34.2 Å². The largest absolute Gasteiger partial charge is 0.334 e. The van der Waals surface area contributed by atoms with E-state index in [0.29, 0.717) is 12.1 Å². The van der Waals surface area contributed by atoms with Crippen molar-refractivity contribution in [3.8, 4) is 0 Å². The quantitative estimate of drug-likeness (QED) is 0.855. The molecule has 5 heteroatoms. The van der Waals surface area contributed by atoms with Crippen LogP contribution in [0.2, 0.25) is 0 Å². The number of likely N-dealkylation sites (tertiary alicyclic amines) is 1. The molecular weight excluding hydrogens is 242 g/mol. The van der Waals surface area contributed by atoms with Crippen LogP contribution in [0.4, 0.5) is 0 Å². The third kappa shape index (κ3) is 3.04. The van der Waals surface area contributed by atoms with E-state index in [1.807, 2.05) is 4.90 Å². The minimum atomic E-state index is -0.162. The topological polar surface area (TPSA) is 68.3 Å². The van der Waals surface area contributed by atoms with Gasteiger partial charge in [0.05, 0.1) is 0 Å². The third-order valence-corrected chi connectivity index (χ3v) is 3.76. The van der Waals surface area contributed by atoms with Crippen molar-refractivity contribution in [2.24, 2.45) is 12.8 Å². The van der Waals surface area contributed by atoms with Crippen LogP contribution in [0, 0.1) is 0 Å². The number of pyridine rings is 1. The van der Waals surface area contributed by atoms with Crippen molar-refractivity contribution in [1.29, 1.82) is 0 Å². The molecule has 0 aliphatic carbocycles. The number of nitrogens with two attached hydrogens (primary N) is 1. The summed E-state index contributed by atoms with van der Waals surface area (Å²) >= 11 is 0. The first-order chi connectivity index (χ1) is 9.13. The minimum absolute atomic E-state index is 0.0740. The van der Waals surface area contributed by atoms with Gasteiger partial charge in [-0.2, -0.15) is 0 Å². The van der Waals surface area contributed by atoms with Crippen LogP contribution in [0.5, 0.6) is 0 Å². The molecule has 0 spiro atoms. The van der Waals surface area contributed by atoms with E-state index in [1.165, 1.54) is 10.6 Å². The van der Waals surface area contributed by atoms with E-state index in [9.17, 15) is 9.59 Å². The molecule has 0 bridgehead atoms. The van der Waals surface area contributed by atoms with Gasteiger partial charge in [-0.3, -0.25) is 9.59 Å². The van der Waals surface area contributed by atoms with Crippen LogP contribution >= 0.6 is 0 Å². The van der Waals surface area contributed by atoms with E-state index < -0.39 is 0 Å². The molecule has 1 unspecified atom stereocenters. The second kappa shape index (κ2) is 6.02. The molecule has 1 saturated heterocycles. The number of carbonyl (C=O) groups excluding carboxylic acids is 1. The highest BCUT2D eigenvalue weighted by Crippen LogP contribution is 2.18. The Morgan fingerprint density at radius 1 is 1.42 bits per heavy atom. The molecule has 0 radical (unpaired) electrons. The smallest absolute Gasteiger partial charge is 0.254 e. The first-order valence-corrected chi connectivity index (χ1v) is 6.81. The standard InChI is InChI=1S/C14H21N3O2/c1-16-8-6-11(9-13(16)18)14(19)17-7-4-2-3-5-12(17)10-15/h6,8-9,12H,2-5,7,10,15H2,1H3. The number of carbonyl (C=O) groups is 1. The highest BCUT2D eigenvalue weighted by molar-refractivity contribution is 5.94. The first-order valence-electron chi connectivity index (χ1n) is 6.81. The summed E-state index contributed by atoms with van der Waals surface area (Å²) in [6, 6.07) is 3.20. The van der Waals surface area contributed by atoms with Crippen LogP contribution < -0.4 is 11.3 Å². The van der Waals surface area contributed by atoms with Gasteiger partial charge in [-0.05, 0) is 18.9 Å². The number of aromatic nitrogens is 1. The van der Waals surface area contributed by atoms with Gasteiger partial charge in [0, 0.05) is 44.0 Å². The van der Waals surface area contributed by atoms with Gasteiger partial charge < -0.3 is 15.2 Å². The van der Waals surface area contributed by atoms with Crippen LogP contribution in [0.15, 0.2) is 23.1 Å². The number of amides is 1. The minimum Gasteiger partial charge on any atom is -0.334 e. The van der Waals surface area contributed by atoms with E-state index in [4.69, 9.17) is 5.73 Å². The Kier molecular flexibility index (Phi) is 4.37. The fraction of sp³-hybridized carbons (Fsp3) is 0.571. The molecule has 2 heterocycles. The molecule has 104 valence electrons. The molecule has 19 heavy (non-hydrogen) atoms. The second-order valence-corrected chi connectivity index (χ2v) is 5.10. The Morgan fingerprint density at radius 2 is 2.21 bits per heavy atom. The molecule has 1 aromatic heterocycles. The Hall–Kier alpha value is -1.62. The van der Waals surface area contributed by atoms with Crippen LogP contribution in [0.3, 0.4) is 0 Å². The Balaban J connectivity index is 2.25. The van der Waals surface area contributed by atoms with Crippen LogP contribution in [0.25, 0.3) is 0 Å². The lowest BCUT2D eigenvalue weighted by Crippen LogP contribution is -2.44. The maximum atomic E-state index is 12.5. The van der Waals surface area contributed by atoms with Crippen LogP contribution in [-0.4, -0.2) is 34.5 Å². The Labute approximate surface area is 113 Å². The summed E-state index contributed by atoms with van der Waals surface area (Å²) in [5, 5.41) is 0. The lowest BCUT2D eigenvalue weighted by atomic mass is 10.1. The van der Waals surface area contributed by atoms with Crippen molar-refractivity contribution in [3.63, 3.8) is 0 Å². The van der Waals surface area contributed by atoms with Gasteiger partial charge in [-0.25, -0.2) is 0 Å². The summed E-state index contributed by atoms with van der Waals surface area (Å²) in [6.45, 7) is 1.21. The molecule has 5 nitrogen and oxygen atoms in total. The van der Waals surface area contributed by atoms with Gasteiger partial charge >= 0.3 is 0 Å². The molecule has 1 atom stereocenters. The fourth-order valence-corrected chi connectivity index (χ4v) is 2.54. The van der Waals surface area contributed by atoms with Gasteiger partial charge in [0.2, 0.25) is 0 Å². The van der Waals surface area contributed by atoms with Crippen molar-refractivity contribution >= 4 is 5.91 Å². The van der Waals surface area contributed by atoms with Crippen molar-refractivity contribution < 1.29 is 4.79 Å². The Morgan fingerprint density at radius 3 is 2.89 bits per heavy atom. The van der Waals surface area contributed by atoms with E-state index in [1.54, 1.807) is 19.3 Å². The van der Waals surface area contributed by atoms with E-state index in [2.05, 4.69) is 0 Å². The van der Waals surface area contributed by atoms with Gasteiger partial charge in [0.1, 0.15) is 0 Å². The summed E-state index contributed by atoms with van der Waals surface area (Å²) in [5.41, 5.74) is 6.07. The van der Waals surface area contributed by atoms with E-state index in [-0.39, 0.29) is 17.5 Å². The molecule has 0 aromatic carbocycles. The number of rotatable bonds is 2. The SMILES string of the molecule is Cn1ccc(C(=O)N2CCCCCC2CN)cc1=O. The predicted octanol–water partition coefficient (Wildman–Crippen LogP) is 0.729.